The Balaban J connectivity index is 1.86. The molecule has 1 amide bonds. The van der Waals surface area contributed by atoms with E-state index in [-0.39, 0.29) is 31.1 Å². The van der Waals surface area contributed by atoms with Crippen molar-refractivity contribution in [1.29, 1.82) is 0 Å². The number of anilines is 1. The number of hydrogen-bond donors (Lipinski definition) is 2. The number of halogens is 3. The zero-order valence-electron chi connectivity index (χ0n) is 16.4. The molecule has 0 spiro atoms. The predicted octanol–water partition coefficient (Wildman–Crippen LogP) is 2.87. The lowest BCUT2D eigenvalue weighted by Crippen LogP contribution is -2.31. The highest BCUT2D eigenvalue weighted by molar-refractivity contribution is 5.77. The van der Waals surface area contributed by atoms with Crippen LogP contribution in [0.3, 0.4) is 0 Å². The molecule has 3 aromatic rings. The van der Waals surface area contributed by atoms with E-state index in [2.05, 4.69) is 20.6 Å². The summed E-state index contributed by atoms with van der Waals surface area (Å²) >= 11 is 0. The third kappa shape index (κ3) is 4.94. The van der Waals surface area contributed by atoms with E-state index < -0.39 is 11.7 Å². The second-order valence-corrected chi connectivity index (χ2v) is 6.75. The van der Waals surface area contributed by atoms with Crippen molar-refractivity contribution >= 4 is 22.8 Å². The van der Waals surface area contributed by atoms with Crippen LogP contribution < -0.4 is 16.2 Å². The van der Waals surface area contributed by atoms with Crippen LogP contribution in [-0.4, -0.2) is 27.0 Å². The number of pyridine rings is 1. The number of benzene rings is 1. The summed E-state index contributed by atoms with van der Waals surface area (Å²) in [5.41, 5.74) is 0.744. The van der Waals surface area contributed by atoms with E-state index in [9.17, 15) is 22.8 Å². The Labute approximate surface area is 170 Å². The fourth-order valence-electron chi connectivity index (χ4n) is 2.99. The van der Waals surface area contributed by atoms with E-state index in [1.165, 1.54) is 23.8 Å². The highest BCUT2D eigenvalue weighted by atomic mass is 19.4. The van der Waals surface area contributed by atoms with Gasteiger partial charge in [-0.25, -0.2) is 9.97 Å². The van der Waals surface area contributed by atoms with Crippen LogP contribution in [0.4, 0.5) is 19.0 Å². The summed E-state index contributed by atoms with van der Waals surface area (Å²) in [6.45, 7) is 3.62. The molecule has 2 aromatic heterocycles. The minimum atomic E-state index is -4.41. The first-order chi connectivity index (χ1) is 14.1. The maximum atomic E-state index is 12.9. The number of nitrogens with one attached hydrogen (secondary N) is 2. The summed E-state index contributed by atoms with van der Waals surface area (Å²) in [5, 5.41) is 5.62. The smallest absolute Gasteiger partial charge is 0.366 e. The van der Waals surface area contributed by atoms with Crippen molar-refractivity contribution in [2.75, 3.05) is 11.9 Å². The molecule has 10 heteroatoms. The van der Waals surface area contributed by atoms with Crippen molar-refractivity contribution in [3.63, 3.8) is 0 Å². The van der Waals surface area contributed by atoms with Gasteiger partial charge < -0.3 is 15.2 Å². The standard InChI is InChI=1S/C20H20F3N5O2/c1-12-19(30)28(7-6-24-13(2)29)17-9-18(26-11-16(17)27-12)25-10-14-4-3-5-15(8-14)20(21,22)23/h3-5,8-9,11H,6-7,10H2,1-2H3,(H,24,29)(H,25,26). The first-order valence-electron chi connectivity index (χ1n) is 9.17. The number of aryl methyl sites for hydroxylation is 1. The Morgan fingerprint density at radius 1 is 1.23 bits per heavy atom. The van der Waals surface area contributed by atoms with Gasteiger partial charge in [0.25, 0.3) is 5.56 Å². The average molecular weight is 419 g/mol. The number of rotatable bonds is 6. The molecule has 1 aromatic carbocycles. The second kappa shape index (κ2) is 8.52. The molecule has 2 heterocycles. The molecule has 0 fully saturated rings. The molecule has 0 unspecified atom stereocenters. The molecule has 2 N–H and O–H groups in total. The molecule has 3 rings (SSSR count). The highest BCUT2D eigenvalue weighted by Crippen LogP contribution is 2.29. The molecular weight excluding hydrogens is 399 g/mol. The first-order valence-corrected chi connectivity index (χ1v) is 9.17. The summed E-state index contributed by atoms with van der Waals surface area (Å²) < 4.78 is 40.1. The van der Waals surface area contributed by atoms with E-state index in [4.69, 9.17) is 0 Å². The van der Waals surface area contributed by atoms with E-state index in [0.717, 1.165) is 12.1 Å². The largest absolute Gasteiger partial charge is 0.416 e. The topological polar surface area (TPSA) is 88.9 Å². The summed E-state index contributed by atoms with van der Waals surface area (Å²) in [6, 6.07) is 6.63. The molecule has 0 atom stereocenters. The van der Waals surface area contributed by atoms with Crippen LogP contribution in [0, 0.1) is 6.92 Å². The number of carbonyl (C=O) groups is 1. The van der Waals surface area contributed by atoms with Crippen LogP contribution in [0.5, 0.6) is 0 Å². The summed E-state index contributed by atoms with van der Waals surface area (Å²) in [7, 11) is 0. The van der Waals surface area contributed by atoms with Crippen LogP contribution in [0.2, 0.25) is 0 Å². The number of hydrogen-bond acceptors (Lipinski definition) is 5. The van der Waals surface area contributed by atoms with Gasteiger partial charge in [-0.15, -0.1) is 0 Å². The van der Waals surface area contributed by atoms with Gasteiger partial charge in [0.1, 0.15) is 17.0 Å². The van der Waals surface area contributed by atoms with Crippen molar-refractivity contribution in [3.05, 3.63) is 63.7 Å². The number of aromatic nitrogens is 3. The van der Waals surface area contributed by atoms with Gasteiger partial charge in [0, 0.05) is 32.6 Å². The predicted molar refractivity (Wildman–Crippen MR) is 106 cm³/mol. The Kier molecular flexibility index (Phi) is 6.04. The van der Waals surface area contributed by atoms with Gasteiger partial charge in [-0.3, -0.25) is 9.59 Å². The molecule has 0 aliphatic rings. The zero-order valence-corrected chi connectivity index (χ0v) is 16.4. The molecule has 0 aliphatic heterocycles. The molecule has 30 heavy (non-hydrogen) atoms. The average Bonchev–Trinajstić information content (AvgIpc) is 2.69. The van der Waals surface area contributed by atoms with Crippen molar-refractivity contribution in [2.24, 2.45) is 0 Å². The Morgan fingerprint density at radius 3 is 2.70 bits per heavy atom. The maximum absolute atomic E-state index is 12.9. The van der Waals surface area contributed by atoms with Gasteiger partial charge >= 0.3 is 6.18 Å². The van der Waals surface area contributed by atoms with Crippen LogP contribution in [0.1, 0.15) is 23.7 Å². The fraction of sp³-hybridized carbons (Fsp3) is 0.300. The van der Waals surface area contributed by atoms with Crippen LogP contribution in [0.15, 0.2) is 41.3 Å². The number of amides is 1. The lowest BCUT2D eigenvalue weighted by Gasteiger charge is -2.13. The quantitative estimate of drug-likeness (QED) is 0.642. The Hall–Kier alpha value is -3.43. The lowest BCUT2D eigenvalue weighted by molar-refractivity contribution is -0.137. The van der Waals surface area contributed by atoms with Crippen molar-refractivity contribution in [1.82, 2.24) is 19.9 Å². The Morgan fingerprint density at radius 2 is 2.00 bits per heavy atom. The number of nitrogens with zero attached hydrogens (tertiary/aromatic N) is 3. The van der Waals surface area contributed by atoms with Crippen LogP contribution >= 0.6 is 0 Å². The van der Waals surface area contributed by atoms with Crippen molar-refractivity contribution in [2.45, 2.75) is 33.1 Å². The van der Waals surface area contributed by atoms with Gasteiger partial charge in [0.05, 0.1) is 17.3 Å². The first kappa shape index (κ1) is 21.3. The molecule has 0 bridgehead atoms. The van der Waals surface area contributed by atoms with Gasteiger partial charge in [0.15, 0.2) is 0 Å². The van der Waals surface area contributed by atoms with E-state index >= 15 is 0 Å². The molecule has 0 aliphatic carbocycles. The van der Waals surface area contributed by atoms with Gasteiger partial charge in [-0.05, 0) is 24.6 Å². The minimum Gasteiger partial charge on any atom is -0.366 e. The van der Waals surface area contributed by atoms with Gasteiger partial charge in [-0.1, -0.05) is 12.1 Å². The summed E-state index contributed by atoms with van der Waals surface area (Å²) in [6.07, 6.45) is -2.92. The third-order valence-electron chi connectivity index (χ3n) is 4.43. The zero-order chi connectivity index (χ0) is 21.9. The maximum Gasteiger partial charge on any atom is 0.416 e. The molecule has 0 saturated heterocycles. The lowest BCUT2D eigenvalue weighted by atomic mass is 10.1. The molecule has 0 saturated carbocycles. The SMILES string of the molecule is CC(=O)NCCn1c(=O)c(C)nc2cnc(NCc3cccc(C(F)(F)F)c3)cc21. The van der Waals surface area contributed by atoms with Crippen LogP contribution in [0.25, 0.3) is 11.0 Å². The van der Waals surface area contributed by atoms with Crippen molar-refractivity contribution < 1.29 is 18.0 Å². The van der Waals surface area contributed by atoms with E-state index in [1.54, 1.807) is 19.1 Å². The fourth-order valence-corrected chi connectivity index (χ4v) is 2.99. The molecular formula is C20H20F3N5O2. The van der Waals surface area contributed by atoms with E-state index in [1.807, 2.05) is 0 Å². The van der Waals surface area contributed by atoms with Crippen molar-refractivity contribution in [3.8, 4) is 0 Å². The number of carbonyl (C=O) groups excluding carboxylic acids is 1. The molecule has 7 nitrogen and oxygen atoms in total. The minimum absolute atomic E-state index is 0.123. The molecule has 0 radical (unpaired) electrons. The highest BCUT2D eigenvalue weighted by Gasteiger charge is 2.30. The third-order valence-corrected chi connectivity index (χ3v) is 4.43. The van der Waals surface area contributed by atoms with E-state index in [0.29, 0.717) is 28.1 Å². The van der Waals surface area contributed by atoms with Gasteiger partial charge in [0.2, 0.25) is 5.91 Å². The van der Waals surface area contributed by atoms with Crippen LogP contribution in [-0.2, 0) is 24.1 Å². The molecule has 158 valence electrons. The van der Waals surface area contributed by atoms with Gasteiger partial charge in [-0.2, -0.15) is 13.2 Å². The number of alkyl halides is 3. The normalized spacial score (nSPS) is 11.5. The summed E-state index contributed by atoms with van der Waals surface area (Å²) in [5.74, 6) is 0.182. The number of fused-ring (bicyclic) bond motifs is 1. The summed E-state index contributed by atoms with van der Waals surface area (Å²) in [4.78, 5) is 32.1. The monoisotopic (exact) mass is 419 g/mol. The second-order valence-electron chi connectivity index (χ2n) is 6.75. The Bertz CT molecular complexity index is 1140.